The molecule has 1 fully saturated rings. The van der Waals surface area contributed by atoms with Gasteiger partial charge in [0.05, 0.1) is 13.2 Å². The van der Waals surface area contributed by atoms with Crippen LogP contribution in [0.1, 0.15) is 44.4 Å². The molecule has 1 aromatic heterocycles. The first kappa shape index (κ1) is 19.2. The van der Waals surface area contributed by atoms with Crippen LogP contribution in [0.15, 0.2) is 29.2 Å². The van der Waals surface area contributed by atoms with Crippen LogP contribution in [0.5, 0.6) is 0 Å². The van der Waals surface area contributed by atoms with Gasteiger partial charge in [-0.3, -0.25) is 4.79 Å². The Bertz CT molecular complexity index is 538. The van der Waals surface area contributed by atoms with Crippen LogP contribution in [-0.4, -0.2) is 42.2 Å². The molecule has 0 bridgehead atoms. The Balaban J connectivity index is 1.77. The van der Waals surface area contributed by atoms with E-state index in [2.05, 4.69) is 30.1 Å². The largest absolute Gasteiger partial charge is 0.396 e. The van der Waals surface area contributed by atoms with Crippen LogP contribution >= 0.6 is 11.3 Å². The van der Waals surface area contributed by atoms with E-state index in [0.29, 0.717) is 13.0 Å². The number of hydrogen-bond donors (Lipinski definition) is 2. The average Bonchev–Trinajstić information content (AvgIpc) is 3.10. The molecule has 5 heteroatoms. The monoisotopic (exact) mass is 350 g/mol. The molecule has 24 heavy (non-hydrogen) atoms. The molecule has 1 saturated heterocycles. The average molecular weight is 351 g/mol. The minimum atomic E-state index is -0.0387. The second kappa shape index (κ2) is 9.35. The Morgan fingerprint density at radius 3 is 3.00 bits per heavy atom. The predicted molar refractivity (Wildman–Crippen MR) is 100 cm³/mol. The zero-order chi connectivity index (χ0) is 17.4. The maximum atomic E-state index is 12.0. The first-order valence-corrected chi connectivity index (χ1v) is 9.67. The van der Waals surface area contributed by atoms with Crippen LogP contribution in [0.3, 0.4) is 0 Å². The zero-order valence-electron chi connectivity index (χ0n) is 14.9. The van der Waals surface area contributed by atoms with E-state index in [1.54, 1.807) is 11.3 Å². The molecule has 0 aromatic carbocycles. The molecule has 4 nitrogen and oxygen atoms in total. The van der Waals surface area contributed by atoms with Crippen LogP contribution in [0.25, 0.3) is 0 Å². The smallest absolute Gasteiger partial charge is 0.221 e. The summed E-state index contributed by atoms with van der Waals surface area (Å²) in [4.78, 5) is 15.6. The van der Waals surface area contributed by atoms with Gasteiger partial charge in [0.2, 0.25) is 5.91 Å². The van der Waals surface area contributed by atoms with Crippen molar-refractivity contribution < 1.29 is 9.90 Å². The lowest BCUT2D eigenvalue weighted by atomic mass is 9.77. The summed E-state index contributed by atoms with van der Waals surface area (Å²) < 4.78 is 0. The number of carbonyl (C=O) groups is 1. The highest BCUT2D eigenvalue weighted by atomic mass is 32.1. The van der Waals surface area contributed by atoms with Gasteiger partial charge in [-0.25, -0.2) is 0 Å². The number of hydrogen-bond acceptors (Lipinski definition) is 4. The van der Waals surface area contributed by atoms with Crippen LogP contribution in [0, 0.1) is 5.41 Å². The number of amides is 1. The third-order valence-corrected chi connectivity index (χ3v) is 5.59. The van der Waals surface area contributed by atoms with Crippen LogP contribution in [-0.2, 0) is 11.3 Å². The molecule has 1 amide bonds. The minimum Gasteiger partial charge on any atom is -0.396 e. The van der Waals surface area contributed by atoms with Gasteiger partial charge in [0, 0.05) is 29.8 Å². The topological polar surface area (TPSA) is 52.6 Å². The van der Waals surface area contributed by atoms with Crippen molar-refractivity contribution in [3.05, 3.63) is 34.0 Å². The second-order valence-electron chi connectivity index (χ2n) is 7.13. The zero-order valence-corrected chi connectivity index (χ0v) is 15.7. The summed E-state index contributed by atoms with van der Waals surface area (Å²) in [6, 6.07) is 4.04. The van der Waals surface area contributed by atoms with Crippen molar-refractivity contribution in [3.63, 3.8) is 0 Å². The lowest BCUT2D eigenvalue weighted by molar-refractivity contribution is -0.121. The molecule has 0 radical (unpaired) electrons. The Morgan fingerprint density at radius 1 is 1.50 bits per heavy atom. The van der Waals surface area contributed by atoms with E-state index in [0.717, 1.165) is 38.9 Å². The number of aliphatic hydroxyl groups excluding tert-OH is 1. The van der Waals surface area contributed by atoms with Gasteiger partial charge in [-0.1, -0.05) is 17.7 Å². The first-order valence-electron chi connectivity index (χ1n) is 8.79. The SMILES string of the molecule is CC(C)=CC[C@]1(CO)CCCN(CCC(=O)NCc2cccs2)C1. The van der Waals surface area contributed by atoms with Gasteiger partial charge in [0.15, 0.2) is 0 Å². The fourth-order valence-electron chi connectivity index (χ4n) is 3.23. The lowest BCUT2D eigenvalue weighted by Crippen LogP contribution is -2.46. The van der Waals surface area contributed by atoms with Crippen molar-refractivity contribution in [2.24, 2.45) is 5.41 Å². The van der Waals surface area contributed by atoms with E-state index in [-0.39, 0.29) is 17.9 Å². The number of rotatable bonds is 8. The van der Waals surface area contributed by atoms with Gasteiger partial charge in [-0.2, -0.15) is 0 Å². The maximum absolute atomic E-state index is 12.0. The van der Waals surface area contributed by atoms with Gasteiger partial charge in [-0.05, 0) is 51.1 Å². The van der Waals surface area contributed by atoms with Crippen LogP contribution in [0.4, 0.5) is 0 Å². The quantitative estimate of drug-likeness (QED) is 0.708. The molecule has 1 atom stereocenters. The Morgan fingerprint density at radius 2 is 2.33 bits per heavy atom. The van der Waals surface area contributed by atoms with Gasteiger partial charge in [0.1, 0.15) is 0 Å². The van der Waals surface area contributed by atoms with Crippen molar-refractivity contribution in [2.75, 3.05) is 26.2 Å². The number of allylic oxidation sites excluding steroid dienone is 2. The summed E-state index contributed by atoms with van der Waals surface area (Å²) in [6.45, 7) is 7.72. The van der Waals surface area contributed by atoms with E-state index in [9.17, 15) is 9.90 Å². The fourth-order valence-corrected chi connectivity index (χ4v) is 3.87. The van der Waals surface area contributed by atoms with E-state index < -0.39 is 0 Å². The summed E-state index contributed by atoms with van der Waals surface area (Å²) in [5.74, 6) is 0.105. The van der Waals surface area contributed by atoms with Crippen LogP contribution < -0.4 is 5.32 Å². The summed E-state index contributed by atoms with van der Waals surface area (Å²) >= 11 is 1.66. The van der Waals surface area contributed by atoms with Crippen molar-refractivity contribution in [1.82, 2.24) is 10.2 Å². The number of nitrogens with zero attached hydrogens (tertiary/aromatic N) is 1. The highest BCUT2D eigenvalue weighted by molar-refractivity contribution is 7.09. The minimum absolute atomic E-state index is 0.0387. The Hall–Kier alpha value is -1.17. The molecular weight excluding hydrogens is 320 g/mol. The molecule has 0 spiro atoms. The summed E-state index contributed by atoms with van der Waals surface area (Å²) in [5, 5.41) is 14.9. The summed E-state index contributed by atoms with van der Waals surface area (Å²) in [7, 11) is 0. The normalized spacial score (nSPS) is 21.5. The Kier molecular flexibility index (Phi) is 7.46. The van der Waals surface area contributed by atoms with Gasteiger partial charge >= 0.3 is 0 Å². The van der Waals surface area contributed by atoms with Crippen molar-refractivity contribution in [1.29, 1.82) is 0 Å². The predicted octanol–water partition coefficient (Wildman–Crippen LogP) is 3.19. The molecule has 2 heterocycles. The molecule has 0 aliphatic carbocycles. The first-order chi connectivity index (χ1) is 11.5. The Labute approximate surface area is 149 Å². The highest BCUT2D eigenvalue weighted by Crippen LogP contribution is 2.33. The summed E-state index contributed by atoms with van der Waals surface area (Å²) in [6.07, 6.45) is 5.83. The van der Waals surface area contributed by atoms with Crippen molar-refractivity contribution in [2.45, 2.75) is 46.1 Å². The van der Waals surface area contributed by atoms with E-state index in [1.165, 1.54) is 10.5 Å². The molecule has 0 saturated carbocycles. The third-order valence-electron chi connectivity index (χ3n) is 4.71. The standard InChI is InChI=1S/C19H30N2O2S/c1-16(2)6-9-19(15-22)8-4-10-21(14-19)11-7-18(23)20-13-17-5-3-12-24-17/h3,5-6,12,22H,4,7-11,13-15H2,1-2H3,(H,20,23)/t19-/m1/s1. The maximum Gasteiger partial charge on any atom is 0.221 e. The van der Waals surface area contributed by atoms with Gasteiger partial charge in [-0.15, -0.1) is 11.3 Å². The molecule has 2 rings (SSSR count). The van der Waals surface area contributed by atoms with Crippen molar-refractivity contribution >= 4 is 17.2 Å². The number of piperidine rings is 1. The van der Waals surface area contributed by atoms with Crippen LogP contribution in [0.2, 0.25) is 0 Å². The number of nitrogens with one attached hydrogen (secondary N) is 1. The third kappa shape index (κ3) is 6.04. The summed E-state index contributed by atoms with van der Waals surface area (Å²) in [5.41, 5.74) is 1.26. The molecule has 1 aliphatic rings. The second-order valence-corrected chi connectivity index (χ2v) is 8.16. The fraction of sp³-hybridized carbons (Fsp3) is 0.632. The van der Waals surface area contributed by atoms with E-state index in [1.807, 2.05) is 17.5 Å². The van der Waals surface area contributed by atoms with Gasteiger partial charge < -0.3 is 15.3 Å². The van der Waals surface area contributed by atoms with E-state index >= 15 is 0 Å². The molecule has 2 N–H and O–H groups in total. The van der Waals surface area contributed by atoms with E-state index in [4.69, 9.17) is 0 Å². The molecule has 1 aliphatic heterocycles. The van der Waals surface area contributed by atoms with Crippen molar-refractivity contribution in [3.8, 4) is 0 Å². The van der Waals surface area contributed by atoms with Gasteiger partial charge in [0.25, 0.3) is 0 Å². The number of likely N-dealkylation sites (tertiary alicyclic amines) is 1. The highest BCUT2D eigenvalue weighted by Gasteiger charge is 2.33. The molecule has 1 aromatic rings. The number of aliphatic hydroxyl groups is 1. The lowest BCUT2D eigenvalue weighted by Gasteiger charge is -2.41. The molecular formula is C19H30N2O2S. The number of carbonyl (C=O) groups excluding carboxylic acids is 1. The number of thiophene rings is 1. The molecule has 134 valence electrons. The molecule has 0 unspecified atom stereocenters.